The summed E-state index contributed by atoms with van der Waals surface area (Å²) in [5.74, 6) is -0.414. The number of hydrogen-bond acceptors (Lipinski definition) is 4. The van der Waals surface area contributed by atoms with E-state index < -0.39 is 5.91 Å². The highest BCUT2D eigenvalue weighted by Gasteiger charge is 2.15. The highest BCUT2D eigenvalue weighted by Crippen LogP contribution is 2.22. The van der Waals surface area contributed by atoms with Crippen molar-refractivity contribution in [2.24, 2.45) is 5.73 Å². The smallest absolute Gasteiger partial charge is 0.250 e. The van der Waals surface area contributed by atoms with Crippen molar-refractivity contribution in [1.29, 1.82) is 0 Å². The van der Waals surface area contributed by atoms with E-state index in [2.05, 4.69) is 9.80 Å². The van der Waals surface area contributed by atoms with E-state index in [4.69, 9.17) is 11.5 Å². The molecule has 4 N–H and O–H groups in total. The van der Waals surface area contributed by atoms with Crippen LogP contribution >= 0.6 is 0 Å². The molecule has 1 heterocycles. The second-order valence-corrected chi connectivity index (χ2v) is 5.11. The summed E-state index contributed by atoms with van der Waals surface area (Å²) in [6, 6.07) is 5.21. The average molecular weight is 262 g/mol. The molecule has 0 radical (unpaired) electrons. The van der Waals surface area contributed by atoms with Crippen LogP contribution in [0.15, 0.2) is 18.2 Å². The average Bonchev–Trinajstić information content (AvgIpc) is 2.88. The summed E-state index contributed by atoms with van der Waals surface area (Å²) in [7, 11) is 1.97. The third-order valence-corrected chi connectivity index (χ3v) is 3.65. The number of nitrogen functional groups attached to an aromatic ring is 1. The van der Waals surface area contributed by atoms with Gasteiger partial charge in [0.2, 0.25) is 0 Å². The molecule has 104 valence electrons. The molecule has 0 saturated carbocycles. The maximum Gasteiger partial charge on any atom is 0.250 e. The van der Waals surface area contributed by atoms with Crippen LogP contribution in [0.5, 0.6) is 0 Å². The molecule has 1 saturated heterocycles. The number of amides is 1. The van der Waals surface area contributed by atoms with Gasteiger partial charge in [-0.3, -0.25) is 4.79 Å². The molecule has 0 aromatic heterocycles. The molecule has 1 aromatic carbocycles. The predicted molar refractivity (Wildman–Crippen MR) is 78.3 cm³/mol. The fraction of sp³-hybridized carbons (Fsp3) is 0.500. The first-order valence-electron chi connectivity index (χ1n) is 6.71. The number of rotatable bonds is 5. The minimum absolute atomic E-state index is 0.414. The third-order valence-electron chi connectivity index (χ3n) is 3.65. The van der Waals surface area contributed by atoms with Crippen molar-refractivity contribution in [2.75, 3.05) is 43.9 Å². The molecule has 0 atom stereocenters. The number of hydrogen-bond donors (Lipinski definition) is 2. The number of anilines is 2. The molecule has 0 bridgehead atoms. The van der Waals surface area contributed by atoms with Crippen molar-refractivity contribution in [1.82, 2.24) is 4.90 Å². The Morgan fingerprint density at radius 3 is 2.68 bits per heavy atom. The summed E-state index contributed by atoms with van der Waals surface area (Å²) < 4.78 is 0. The quantitative estimate of drug-likeness (QED) is 0.773. The van der Waals surface area contributed by atoms with Crippen molar-refractivity contribution >= 4 is 17.3 Å². The lowest BCUT2D eigenvalue weighted by atomic mass is 10.1. The SMILES string of the molecule is CN(CCN1CCCC1)c1cc(N)ccc1C(N)=O. The van der Waals surface area contributed by atoms with Crippen LogP contribution < -0.4 is 16.4 Å². The van der Waals surface area contributed by atoms with Gasteiger partial charge in [-0.1, -0.05) is 0 Å². The van der Waals surface area contributed by atoms with Gasteiger partial charge in [0, 0.05) is 25.8 Å². The number of carbonyl (C=O) groups excluding carboxylic acids is 1. The van der Waals surface area contributed by atoms with E-state index in [1.165, 1.54) is 25.9 Å². The van der Waals surface area contributed by atoms with Crippen LogP contribution in [0.2, 0.25) is 0 Å². The van der Waals surface area contributed by atoms with Gasteiger partial charge in [-0.25, -0.2) is 0 Å². The number of nitrogens with two attached hydrogens (primary N) is 2. The van der Waals surface area contributed by atoms with Gasteiger partial charge in [-0.2, -0.15) is 0 Å². The summed E-state index contributed by atoms with van der Waals surface area (Å²) >= 11 is 0. The number of carbonyl (C=O) groups is 1. The zero-order valence-electron chi connectivity index (χ0n) is 11.4. The predicted octanol–water partition coefficient (Wildman–Crippen LogP) is 0.900. The van der Waals surface area contributed by atoms with Crippen molar-refractivity contribution in [3.05, 3.63) is 23.8 Å². The van der Waals surface area contributed by atoms with Crippen LogP contribution in [0, 0.1) is 0 Å². The maximum absolute atomic E-state index is 11.4. The number of benzene rings is 1. The topological polar surface area (TPSA) is 75.6 Å². The van der Waals surface area contributed by atoms with Crippen LogP contribution in [0.1, 0.15) is 23.2 Å². The fourth-order valence-electron chi connectivity index (χ4n) is 2.49. The molecule has 5 nitrogen and oxygen atoms in total. The van der Waals surface area contributed by atoms with E-state index in [9.17, 15) is 4.79 Å². The highest BCUT2D eigenvalue weighted by molar-refractivity contribution is 5.99. The number of primary amides is 1. The van der Waals surface area contributed by atoms with Crippen molar-refractivity contribution in [3.8, 4) is 0 Å². The Kier molecular flexibility index (Phi) is 4.27. The second-order valence-electron chi connectivity index (χ2n) is 5.11. The molecule has 1 aliphatic heterocycles. The number of likely N-dealkylation sites (tertiary alicyclic amines) is 1. The Hall–Kier alpha value is -1.75. The van der Waals surface area contributed by atoms with Gasteiger partial charge >= 0.3 is 0 Å². The molecule has 1 aromatic rings. The van der Waals surface area contributed by atoms with Crippen molar-refractivity contribution in [3.63, 3.8) is 0 Å². The van der Waals surface area contributed by atoms with Crippen molar-refractivity contribution in [2.45, 2.75) is 12.8 Å². The van der Waals surface area contributed by atoms with E-state index in [-0.39, 0.29) is 0 Å². The molecule has 0 unspecified atom stereocenters. The van der Waals surface area contributed by atoms with Crippen LogP contribution in [0.3, 0.4) is 0 Å². The standard InChI is InChI=1S/C14H22N4O/c1-17(8-9-18-6-2-3-7-18)13-10-11(15)4-5-12(13)14(16)19/h4-5,10H,2-3,6-9,15H2,1H3,(H2,16,19). The molecule has 1 amide bonds. The van der Waals surface area contributed by atoms with Gasteiger partial charge in [0.1, 0.15) is 0 Å². The Balaban J connectivity index is 2.06. The maximum atomic E-state index is 11.4. The molecule has 1 aliphatic rings. The minimum atomic E-state index is -0.414. The molecule has 1 fully saturated rings. The summed E-state index contributed by atoms with van der Waals surface area (Å²) in [5, 5.41) is 0. The molecule has 5 heteroatoms. The summed E-state index contributed by atoms with van der Waals surface area (Å²) in [5.41, 5.74) is 13.2. The first-order valence-corrected chi connectivity index (χ1v) is 6.71. The molecule has 2 rings (SSSR count). The molecular weight excluding hydrogens is 240 g/mol. The number of nitrogens with zero attached hydrogens (tertiary/aromatic N) is 2. The van der Waals surface area contributed by atoms with Crippen LogP contribution in [0.25, 0.3) is 0 Å². The lowest BCUT2D eigenvalue weighted by molar-refractivity contribution is 0.100. The Labute approximate surface area is 114 Å². The van der Waals surface area contributed by atoms with Gasteiger partial charge in [0.15, 0.2) is 0 Å². The monoisotopic (exact) mass is 262 g/mol. The zero-order chi connectivity index (χ0) is 13.8. The zero-order valence-corrected chi connectivity index (χ0v) is 11.4. The van der Waals surface area contributed by atoms with Crippen molar-refractivity contribution < 1.29 is 4.79 Å². The fourth-order valence-corrected chi connectivity index (χ4v) is 2.49. The highest BCUT2D eigenvalue weighted by atomic mass is 16.1. The first-order chi connectivity index (χ1) is 9.08. The number of likely N-dealkylation sites (N-methyl/N-ethyl adjacent to an activating group) is 1. The second kappa shape index (κ2) is 5.93. The third kappa shape index (κ3) is 3.38. The van der Waals surface area contributed by atoms with Gasteiger partial charge in [-0.05, 0) is 44.1 Å². The van der Waals surface area contributed by atoms with Gasteiger partial charge < -0.3 is 21.3 Å². The Bertz CT molecular complexity index is 455. The summed E-state index contributed by atoms with van der Waals surface area (Å²) in [6.07, 6.45) is 2.57. The normalized spacial score (nSPS) is 15.6. The molecule has 0 aliphatic carbocycles. The van der Waals surface area contributed by atoms with Crippen LogP contribution in [-0.2, 0) is 0 Å². The lowest BCUT2D eigenvalue weighted by Gasteiger charge is -2.24. The first kappa shape index (κ1) is 13.7. The van der Waals surface area contributed by atoms with Gasteiger partial charge in [-0.15, -0.1) is 0 Å². The molecule has 19 heavy (non-hydrogen) atoms. The molecule has 0 spiro atoms. The summed E-state index contributed by atoms with van der Waals surface area (Å²) in [4.78, 5) is 15.9. The summed E-state index contributed by atoms with van der Waals surface area (Å²) in [6.45, 7) is 4.22. The van der Waals surface area contributed by atoms with E-state index in [0.29, 0.717) is 11.3 Å². The Morgan fingerprint density at radius 2 is 2.05 bits per heavy atom. The van der Waals surface area contributed by atoms with Gasteiger partial charge in [0.25, 0.3) is 5.91 Å². The molecular formula is C14H22N4O. The Morgan fingerprint density at radius 1 is 1.37 bits per heavy atom. The largest absolute Gasteiger partial charge is 0.399 e. The van der Waals surface area contributed by atoms with Crippen LogP contribution in [0.4, 0.5) is 11.4 Å². The minimum Gasteiger partial charge on any atom is -0.399 e. The lowest BCUT2D eigenvalue weighted by Crippen LogP contribution is -2.32. The van der Waals surface area contributed by atoms with E-state index in [0.717, 1.165) is 18.8 Å². The van der Waals surface area contributed by atoms with Crippen LogP contribution in [-0.4, -0.2) is 44.0 Å². The van der Waals surface area contributed by atoms with E-state index >= 15 is 0 Å². The van der Waals surface area contributed by atoms with E-state index in [1.54, 1.807) is 12.1 Å². The van der Waals surface area contributed by atoms with Gasteiger partial charge in [0.05, 0.1) is 11.3 Å². The van der Waals surface area contributed by atoms with E-state index in [1.807, 2.05) is 13.1 Å².